The number of benzene rings is 1. The highest BCUT2D eigenvalue weighted by molar-refractivity contribution is 9.10. The summed E-state index contributed by atoms with van der Waals surface area (Å²) in [4.78, 5) is 25.4. The van der Waals surface area contributed by atoms with E-state index in [-0.39, 0.29) is 6.03 Å². The average molecular weight is 355 g/mol. The Bertz CT molecular complexity index is 576. The maximum Gasteiger partial charge on any atom is 0.329 e. The van der Waals surface area contributed by atoms with Crippen molar-refractivity contribution in [3.63, 3.8) is 0 Å². The molecule has 1 heterocycles. The largest absolute Gasteiger partial charge is 0.480 e. The lowest BCUT2D eigenvalue weighted by Gasteiger charge is -2.41. The second kappa shape index (κ2) is 6.05. The number of hydrogen-bond acceptors (Lipinski definition) is 2. The van der Waals surface area contributed by atoms with Gasteiger partial charge < -0.3 is 15.3 Å². The molecule has 2 amide bonds. The lowest BCUT2D eigenvalue weighted by molar-refractivity contribution is -0.150. The number of carboxylic acids is 1. The number of hydrogen-bond donors (Lipinski definition) is 2. The van der Waals surface area contributed by atoms with Gasteiger partial charge in [-0.25, -0.2) is 9.59 Å². The highest BCUT2D eigenvalue weighted by Crippen LogP contribution is 2.29. The molecule has 0 bridgehead atoms. The molecular weight excluding hydrogens is 336 g/mol. The number of carboxylic acid groups (broad SMARTS) is 1. The van der Waals surface area contributed by atoms with Crippen LogP contribution in [0.25, 0.3) is 0 Å². The summed E-state index contributed by atoms with van der Waals surface area (Å²) in [5.41, 5.74) is 0.485. The van der Waals surface area contributed by atoms with Gasteiger partial charge in [-0.3, -0.25) is 0 Å². The van der Waals surface area contributed by atoms with Gasteiger partial charge in [0.1, 0.15) is 5.54 Å². The standard InChI is InChI=1S/C15H19BrN2O3/c1-10-9-11(16)5-6-12(10)17-14(21)18-8-4-3-7-15(18,2)13(19)20/h5-6,9H,3-4,7-8H2,1-2H3,(H,17,21)(H,19,20). The average Bonchev–Trinajstić information content (AvgIpc) is 2.42. The molecule has 5 nitrogen and oxygen atoms in total. The first-order valence-electron chi connectivity index (χ1n) is 6.93. The Morgan fingerprint density at radius 2 is 2.10 bits per heavy atom. The monoisotopic (exact) mass is 354 g/mol. The van der Waals surface area contributed by atoms with Crippen molar-refractivity contribution >= 4 is 33.6 Å². The first-order chi connectivity index (χ1) is 9.84. The van der Waals surface area contributed by atoms with Crippen LogP contribution in [0.15, 0.2) is 22.7 Å². The van der Waals surface area contributed by atoms with E-state index in [4.69, 9.17) is 0 Å². The Labute approximate surface area is 132 Å². The number of aryl methyl sites for hydroxylation is 1. The van der Waals surface area contributed by atoms with Crippen LogP contribution in [-0.4, -0.2) is 34.1 Å². The number of amides is 2. The van der Waals surface area contributed by atoms with Crippen LogP contribution in [0.2, 0.25) is 0 Å². The van der Waals surface area contributed by atoms with Gasteiger partial charge in [0.2, 0.25) is 0 Å². The van der Waals surface area contributed by atoms with Crippen molar-refractivity contribution < 1.29 is 14.7 Å². The molecule has 1 fully saturated rings. The molecular formula is C15H19BrN2O3. The zero-order valence-electron chi connectivity index (χ0n) is 12.1. The van der Waals surface area contributed by atoms with Gasteiger partial charge in [-0.2, -0.15) is 0 Å². The number of urea groups is 1. The van der Waals surface area contributed by atoms with E-state index in [1.165, 1.54) is 4.90 Å². The van der Waals surface area contributed by atoms with E-state index in [9.17, 15) is 14.7 Å². The highest BCUT2D eigenvalue weighted by Gasteiger charge is 2.44. The van der Waals surface area contributed by atoms with E-state index >= 15 is 0 Å². The van der Waals surface area contributed by atoms with E-state index < -0.39 is 11.5 Å². The summed E-state index contributed by atoms with van der Waals surface area (Å²) in [5, 5.41) is 12.3. The van der Waals surface area contributed by atoms with Crippen molar-refractivity contribution in [3.8, 4) is 0 Å². The zero-order chi connectivity index (χ0) is 15.6. The number of rotatable bonds is 2. The minimum Gasteiger partial charge on any atom is -0.480 e. The van der Waals surface area contributed by atoms with E-state index in [2.05, 4.69) is 21.2 Å². The molecule has 2 N–H and O–H groups in total. The van der Waals surface area contributed by atoms with Crippen LogP contribution in [0.3, 0.4) is 0 Å². The van der Waals surface area contributed by atoms with Crippen LogP contribution in [0, 0.1) is 6.92 Å². The number of carbonyl (C=O) groups excluding carboxylic acids is 1. The third kappa shape index (κ3) is 3.20. The molecule has 2 rings (SSSR count). The number of likely N-dealkylation sites (tertiary alicyclic amines) is 1. The highest BCUT2D eigenvalue weighted by atomic mass is 79.9. The van der Waals surface area contributed by atoms with Gasteiger partial charge in [-0.05, 0) is 56.9 Å². The first kappa shape index (κ1) is 15.8. The summed E-state index contributed by atoms with van der Waals surface area (Å²) in [5.74, 6) is -0.954. The van der Waals surface area contributed by atoms with Crippen LogP contribution in [0.1, 0.15) is 31.7 Å². The van der Waals surface area contributed by atoms with Crippen LogP contribution < -0.4 is 5.32 Å². The van der Waals surface area contributed by atoms with Crippen LogP contribution in [0.4, 0.5) is 10.5 Å². The summed E-state index contributed by atoms with van der Waals surface area (Å²) < 4.78 is 0.936. The molecule has 1 unspecified atom stereocenters. The van der Waals surface area contributed by atoms with Gasteiger partial charge in [0.25, 0.3) is 0 Å². The summed E-state index contributed by atoms with van der Waals surface area (Å²) in [6.45, 7) is 3.97. The number of aliphatic carboxylic acids is 1. The molecule has 6 heteroatoms. The second-order valence-electron chi connectivity index (χ2n) is 5.58. The van der Waals surface area contributed by atoms with Crippen LogP contribution >= 0.6 is 15.9 Å². The van der Waals surface area contributed by atoms with Gasteiger partial charge in [-0.15, -0.1) is 0 Å². The van der Waals surface area contributed by atoms with Crippen molar-refractivity contribution in [2.75, 3.05) is 11.9 Å². The summed E-state index contributed by atoms with van der Waals surface area (Å²) in [7, 11) is 0. The molecule has 0 spiro atoms. The van der Waals surface area contributed by atoms with Gasteiger partial charge >= 0.3 is 12.0 Å². The third-order valence-corrected chi connectivity index (χ3v) is 4.52. The Balaban J connectivity index is 2.20. The normalized spacial score (nSPS) is 22.0. The number of halogens is 1. The fourth-order valence-corrected chi connectivity index (χ4v) is 3.09. The minimum atomic E-state index is -1.13. The second-order valence-corrected chi connectivity index (χ2v) is 6.49. The smallest absolute Gasteiger partial charge is 0.329 e. The molecule has 21 heavy (non-hydrogen) atoms. The molecule has 1 aliphatic rings. The van der Waals surface area contributed by atoms with Crippen molar-refractivity contribution in [3.05, 3.63) is 28.2 Å². The molecule has 0 saturated carbocycles. The van der Waals surface area contributed by atoms with Crippen molar-refractivity contribution in [2.24, 2.45) is 0 Å². The fraction of sp³-hybridized carbons (Fsp3) is 0.467. The quantitative estimate of drug-likeness (QED) is 0.851. The minimum absolute atomic E-state index is 0.356. The van der Waals surface area contributed by atoms with Crippen molar-refractivity contribution in [2.45, 2.75) is 38.6 Å². The van der Waals surface area contributed by atoms with E-state index in [1.807, 2.05) is 19.1 Å². The molecule has 1 aromatic carbocycles. The van der Waals surface area contributed by atoms with E-state index in [1.54, 1.807) is 13.0 Å². The predicted octanol–water partition coefficient (Wildman–Crippen LogP) is 3.62. The molecule has 1 aliphatic heterocycles. The number of nitrogens with zero attached hydrogens (tertiary/aromatic N) is 1. The Morgan fingerprint density at radius 1 is 1.38 bits per heavy atom. The van der Waals surface area contributed by atoms with Crippen LogP contribution in [0.5, 0.6) is 0 Å². The molecule has 0 aliphatic carbocycles. The van der Waals surface area contributed by atoms with Gasteiger partial charge in [0, 0.05) is 16.7 Å². The molecule has 0 radical (unpaired) electrons. The Hall–Kier alpha value is -1.56. The lowest BCUT2D eigenvalue weighted by atomic mass is 9.89. The lowest BCUT2D eigenvalue weighted by Crippen LogP contribution is -2.58. The Kier molecular flexibility index (Phi) is 4.56. The number of anilines is 1. The van der Waals surface area contributed by atoms with Gasteiger partial charge in [0.15, 0.2) is 0 Å². The number of nitrogens with one attached hydrogen (secondary N) is 1. The third-order valence-electron chi connectivity index (χ3n) is 4.03. The number of piperidine rings is 1. The summed E-state index contributed by atoms with van der Waals surface area (Å²) in [6, 6.07) is 5.20. The first-order valence-corrected chi connectivity index (χ1v) is 7.72. The van der Waals surface area contributed by atoms with Gasteiger partial charge in [-0.1, -0.05) is 15.9 Å². The van der Waals surface area contributed by atoms with Crippen molar-refractivity contribution in [1.82, 2.24) is 4.90 Å². The summed E-state index contributed by atoms with van der Waals surface area (Å²) >= 11 is 3.38. The maximum atomic E-state index is 12.5. The Morgan fingerprint density at radius 3 is 2.71 bits per heavy atom. The maximum absolute atomic E-state index is 12.5. The number of carbonyl (C=O) groups is 2. The van der Waals surface area contributed by atoms with Crippen LogP contribution in [-0.2, 0) is 4.79 Å². The van der Waals surface area contributed by atoms with E-state index in [0.717, 1.165) is 22.9 Å². The molecule has 1 atom stereocenters. The topological polar surface area (TPSA) is 69.6 Å². The summed E-state index contributed by atoms with van der Waals surface area (Å²) in [6.07, 6.45) is 2.13. The molecule has 0 aromatic heterocycles. The zero-order valence-corrected chi connectivity index (χ0v) is 13.7. The molecule has 1 saturated heterocycles. The SMILES string of the molecule is Cc1cc(Br)ccc1NC(=O)N1CCCCC1(C)C(=O)O. The van der Waals surface area contributed by atoms with Gasteiger partial charge in [0.05, 0.1) is 0 Å². The predicted molar refractivity (Wildman–Crippen MR) is 84.5 cm³/mol. The molecule has 1 aromatic rings. The fourth-order valence-electron chi connectivity index (χ4n) is 2.62. The molecule has 114 valence electrons. The van der Waals surface area contributed by atoms with Crippen molar-refractivity contribution in [1.29, 1.82) is 0 Å². The van der Waals surface area contributed by atoms with E-state index in [0.29, 0.717) is 18.7 Å².